The SMILES string of the molecule is CC(CCC(=O)NCC(=O)C(O)CCc1ccccc1)CNC(=O)OC(C)(C)C. The number of hydrogen-bond donors (Lipinski definition) is 3. The van der Waals surface area contributed by atoms with Crippen molar-refractivity contribution in [3.8, 4) is 0 Å². The van der Waals surface area contributed by atoms with Crippen molar-refractivity contribution in [2.24, 2.45) is 5.92 Å². The van der Waals surface area contributed by atoms with Gasteiger partial charge in [0.15, 0.2) is 5.78 Å². The van der Waals surface area contributed by atoms with Crippen molar-refractivity contribution < 1.29 is 24.2 Å². The van der Waals surface area contributed by atoms with E-state index in [1.165, 1.54) is 0 Å². The molecule has 3 N–H and O–H groups in total. The van der Waals surface area contributed by atoms with Crippen LogP contribution < -0.4 is 10.6 Å². The molecule has 0 fully saturated rings. The minimum atomic E-state index is -1.09. The Morgan fingerprint density at radius 1 is 1.07 bits per heavy atom. The summed E-state index contributed by atoms with van der Waals surface area (Å²) in [5, 5.41) is 15.2. The summed E-state index contributed by atoms with van der Waals surface area (Å²) in [6.45, 7) is 7.52. The molecule has 7 heteroatoms. The number of carbonyl (C=O) groups excluding carboxylic acids is 3. The number of aliphatic hydroxyl groups excluding tert-OH is 1. The second-order valence-corrected chi connectivity index (χ2v) is 8.31. The first-order valence-corrected chi connectivity index (χ1v) is 10.0. The fourth-order valence-electron chi connectivity index (χ4n) is 2.55. The lowest BCUT2D eigenvalue weighted by Crippen LogP contribution is -2.36. The van der Waals surface area contributed by atoms with E-state index < -0.39 is 23.6 Å². The zero-order valence-corrected chi connectivity index (χ0v) is 17.9. The lowest BCUT2D eigenvalue weighted by atomic mass is 10.0. The van der Waals surface area contributed by atoms with Crippen LogP contribution in [-0.4, -0.2) is 47.7 Å². The average Bonchev–Trinajstić information content (AvgIpc) is 2.66. The number of ketones is 1. The molecule has 0 heterocycles. The van der Waals surface area contributed by atoms with Gasteiger partial charge in [-0.2, -0.15) is 0 Å². The number of benzene rings is 1. The molecule has 0 radical (unpaired) electrons. The topological polar surface area (TPSA) is 105 Å². The summed E-state index contributed by atoms with van der Waals surface area (Å²) >= 11 is 0. The highest BCUT2D eigenvalue weighted by Gasteiger charge is 2.18. The van der Waals surface area contributed by atoms with Gasteiger partial charge in [0.25, 0.3) is 0 Å². The van der Waals surface area contributed by atoms with E-state index in [1.807, 2.05) is 37.3 Å². The molecule has 7 nitrogen and oxygen atoms in total. The molecular weight excluding hydrogens is 372 g/mol. The predicted molar refractivity (Wildman–Crippen MR) is 111 cm³/mol. The summed E-state index contributed by atoms with van der Waals surface area (Å²) in [5.74, 6) is -0.563. The van der Waals surface area contributed by atoms with Crippen molar-refractivity contribution >= 4 is 17.8 Å². The van der Waals surface area contributed by atoms with E-state index in [0.29, 0.717) is 25.8 Å². The van der Waals surface area contributed by atoms with Crippen molar-refractivity contribution in [3.05, 3.63) is 35.9 Å². The van der Waals surface area contributed by atoms with Gasteiger partial charge in [0.2, 0.25) is 5.91 Å². The van der Waals surface area contributed by atoms with E-state index in [2.05, 4.69) is 10.6 Å². The third-order valence-corrected chi connectivity index (χ3v) is 4.24. The zero-order valence-electron chi connectivity index (χ0n) is 17.9. The highest BCUT2D eigenvalue weighted by Crippen LogP contribution is 2.08. The minimum Gasteiger partial charge on any atom is -0.444 e. The zero-order chi connectivity index (χ0) is 21.9. The van der Waals surface area contributed by atoms with Crippen molar-refractivity contribution in [3.63, 3.8) is 0 Å². The van der Waals surface area contributed by atoms with Crippen LogP contribution in [0.3, 0.4) is 0 Å². The molecule has 0 spiro atoms. The maximum absolute atomic E-state index is 12.0. The van der Waals surface area contributed by atoms with Crippen molar-refractivity contribution in [2.75, 3.05) is 13.1 Å². The van der Waals surface area contributed by atoms with E-state index in [1.54, 1.807) is 20.8 Å². The van der Waals surface area contributed by atoms with E-state index in [4.69, 9.17) is 4.74 Å². The van der Waals surface area contributed by atoms with Gasteiger partial charge in [0.05, 0.1) is 6.54 Å². The number of aryl methyl sites for hydroxylation is 1. The molecular formula is C22H34N2O5. The lowest BCUT2D eigenvalue weighted by molar-refractivity contribution is -0.129. The molecule has 2 amide bonds. The van der Waals surface area contributed by atoms with Gasteiger partial charge in [0, 0.05) is 13.0 Å². The smallest absolute Gasteiger partial charge is 0.407 e. The quantitative estimate of drug-likeness (QED) is 0.524. The Morgan fingerprint density at radius 2 is 1.72 bits per heavy atom. The monoisotopic (exact) mass is 406 g/mol. The van der Waals surface area contributed by atoms with Gasteiger partial charge in [-0.1, -0.05) is 37.3 Å². The molecule has 1 rings (SSSR count). The Balaban J connectivity index is 2.18. The van der Waals surface area contributed by atoms with Crippen LogP contribution in [0.1, 0.15) is 52.5 Å². The number of rotatable bonds is 11. The van der Waals surface area contributed by atoms with Crippen LogP contribution in [0.15, 0.2) is 30.3 Å². The molecule has 2 unspecified atom stereocenters. The van der Waals surface area contributed by atoms with E-state index >= 15 is 0 Å². The van der Waals surface area contributed by atoms with Crippen LogP contribution in [0.2, 0.25) is 0 Å². The number of amides is 2. The Hall–Kier alpha value is -2.41. The van der Waals surface area contributed by atoms with Gasteiger partial charge in [0.1, 0.15) is 11.7 Å². The van der Waals surface area contributed by atoms with Crippen LogP contribution in [-0.2, 0) is 20.7 Å². The van der Waals surface area contributed by atoms with Gasteiger partial charge in [-0.25, -0.2) is 4.79 Å². The molecule has 0 aliphatic rings. The first kappa shape index (κ1) is 24.6. The predicted octanol–water partition coefficient (Wildman–Crippen LogP) is 2.61. The van der Waals surface area contributed by atoms with Gasteiger partial charge in [-0.15, -0.1) is 0 Å². The summed E-state index contributed by atoms with van der Waals surface area (Å²) in [6.07, 6.45) is 0.156. The molecule has 0 aromatic heterocycles. The second kappa shape index (κ2) is 12.2. The largest absolute Gasteiger partial charge is 0.444 e. The van der Waals surface area contributed by atoms with Gasteiger partial charge in [-0.05, 0) is 51.5 Å². The lowest BCUT2D eigenvalue weighted by Gasteiger charge is -2.20. The van der Waals surface area contributed by atoms with Gasteiger partial charge < -0.3 is 20.5 Å². The molecule has 1 aromatic rings. The number of nitrogens with one attached hydrogen (secondary N) is 2. The van der Waals surface area contributed by atoms with E-state index in [-0.39, 0.29) is 24.8 Å². The van der Waals surface area contributed by atoms with Crippen LogP contribution in [0.25, 0.3) is 0 Å². The summed E-state index contributed by atoms with van der Waals surface area (Å²) in [6, 6.07) is 9.62. The number of ether oxygens (including phenoxy) is 1. The third-order valence-electron chi connectivity index (χ3n) is 4.24. The Bertz CT molecular complexity index is 655. The molecule has 1 aromatic carbocycles. The fourth-order valence-corrected chi connectivity index (χ4v) is 2.55. The van der Waals surface area contributed by atoms with Crippen molar-refractivity contribution in [2.45, 2.75) is 65.1 Å². The Labute approximate surface area is 173 Å². The summed E-state index contributed by atoms with van der Waals surface area (Å²) in [7, 11) is 0. The average molecular weight is 407 g/mol. The van der Waals surface area contributed by atoms with Crippen molar-refractivity contribution in [1.29, 1.82) is 0 Å². The van der Waals surface area contributed by atoms with Crippen LogP contribution >= 0.6 is 0 Å². The molecule has 2 atom stereocenters. The van der Waals surface area contributed by atoms with E-state index in [9.17, 15) is 19.5 Å². The standard InChI is InChI=1S/C22H34N2O5/c1-16(14-24-21(28)29-22(2,3)4)10-13-20(27)23-15-19(26)18(25)12-11-17-8-6-5-7-9-17/h5-9,16,18,25H,10-15H2,1-4H3,(H,23,27)(H,24,28). The minimum absolute atomic E-state index is 0.0837. The number of alkyl carbamates (subject to hydrolysis) is 1. The van der Waals surface area contributed by atoms with Gasteiger partial charge >= 0.3 is 6.09 Å². The maximum Gasteiger partial charge on any atom is 0.407 e. The molecule has 162 valence electrons. The maximum atomic E-state index is 12.0. The molecule has 0 aliphatic carbocycles. The van der Waals surface area contributed by atoms with Gasteiger partial charge in [-0.3, -0.25) is 9.59 Å². The highest BCUT2D eigenvalue weighted by molar-refractivity contribution is 5.88. The first-order chi connectivity index (χ1) is 13.6. The number of Topliss-reactive ketones (excluding diaryl/α,β-unsaturated/α-hetero) is 1. The summed E-state index contributed by atoms with van der Waals surface area (Å²) < 4.78 is 5.16. The van der Waals surface area contributed by atoms with Crippen LogP contribution in [0.5, 0.6) is 0 Å². The summed E-state index contributed by atoms with van der Waals surface area (Å²) in [4.78, 5) is 35.5. The van der Waals surface area contributed by atoms with Crippen LogP contribution in [0.4, 0.5) is 4.79 Å². The normalized spacial score (nSPS) is 13.3. The first-order valence-electron chi connectivity index (χ1n) is 10.0. The highest BCUT2D eigenvalue weighted by atomic mass is 16.6. The molecule has 0 saturated carbocycles. The molecule has 0 bridgehead atoms. The number of aliphatic hydroxyl groups is 1. The Kier molecular flexibility index (Phi) is 10.4. The molecule has 0 aliphatic heterocycles. The number of hydrogen-bond acceptors (Lipinski definition) is 5. The Morgan fingerprint density at radius 3 is 2.34 bits per heavy atom. The molecule has 0 saturated heterocycles. The molecule has 29 heavy (non-hydrogen) atoms. The fraction of sp³-hybridized carbons (Fsp3) is 0.591. The summed E-state index contributed by atoms with van der Waals surface area (Å²) in [5.41, 5.74) is 0.503. The van der Waals surface area contributed by atoms with Crippen molar-refractivity contribution in [1.82, 2.24) is 10.6 Å². The van der Waals surface area contributed by atoms with E-state index in [0.717, 1.165) is 5.56 Å². The number of carbonyl (C=O) groups is 3. The van der Waals surface area contributed by atoms with Crippen LogP contribution in [0, 0.1) is 5.92 Å². The second-order valence-electron chi connectivity index (χ2n) is 8.31. The third kappa shape index (κ3) is 11.9.